The highest BCUT2D eigenvalue weighted by Crippen LogP contribution is 2.29. The number of benzene rings is 2. The number of para-hydroxylation sites is 1. The van der Waals surface area contributed by atoms with Crippen LogP contribution in [0.1, 0.15) is 29.5 Å². The fourth-order valence-corrected chi connectivity index (χ4v) is 5.23. The summed E-state index contributed by atoms with van der Waals surface area (Å²) < 4.78 is 6.49. The lowest BCUT2D eigenvalue weighted by Crippen LogP contribution is -3.08. The van der Waals surface area contributed by atoms with E-state index in [4.69, 9.17) is 9.40 Å². The Morgan fingerprint density at radius 3 is 3.00 bits per heavy atom. The lowest BCUT2D eigenvalue weighted by atomic mass is 10.1. The Hall–Kier alpha value is -2.70. The van der Waals surface area contributed by atoms with Gasteiger partial charge in [-0.15, -0.1) is 11.3 Å². The van der Waals surface area contributed by atoms with Crippen LogP contribution in [-0.4, -0.2) is 16.6 Å². The summed E-state index contributed by atoms with van der Waals surface area (Å²) >= 11 is 1.77. The molecule has 2 aromatic heterocycles. The van der Waals surface area contributed by atoms with E-state index < -0.39 is 0 Å². The predicted octanol–water partition coefficient (Wildman–Crippen LogP) is 3.03. The third-order valence-corrected chi connectivity index (χ3v) is 6.47. The van der Waals surface area contributed by atoms with Crippen LogP contribution in [0, 0.1) is 0 Å². The number of quaternary nitrogens is 1. The molecule has 2 N–H and O–H groups in total. The summed E-state index contributed by atoms with van der Waals surface area (Å²) in [6.07, 6.45) is 2.26. The molecule has 3 heterocycles. The average molecular weight is 379 g/mol. The standard InChI is InChI=1S/C21H18N2O3S/c24-14-7-8-15-13(10-20(25)26-18(15)11-14)12-23-9-3-5-17(23)21-22-16-4-1-2-6-19(16)27-21/h1-2,4,6-8,10-11,17,24H,3,5,9,12H2/p+1/t17-/m0/s1. The van der Waals surface area contributed by atoms with Gasteiger partial charge in [-0.1, -0.05) is 12.1 Å². The van der Waals surface area contributed by atoms with E-state index >= 15 is 0 Å². The maximum atomic E-state index is 12.0. The molecule has 5 nitrogen and oxygen atoms in total. The molecule has 1 fully saturated rings. The van der Waals surface area contributed by atoms with Gasteiger partial charge >= 0.3 is 5.63 Å². The minimum Gasteiger partial charge on any atom is -0.508 e. The van der Waals surface area contributed by atoms with E-state index in [1.165, 1.54) is 20.7 Å². The van der Waals surface area contributed by atoms with E-state index in [9.17, 15) is 9.90 Å². The Labute approximate surface area is 159 Å². The number of rotatable bonds is 3. The number of aromatic nitrogens is 1. The van der Waals surface area contributed by atoms with Crippen LogP contribution < -0.4 is 10.5 Å². The van der Waals surface area contributed by atoms with Crippen molar-refractivity contribution in [2.75, 3.05) is 6.54 Å². The molecule has 2 atom stereocenters. The molecule has 1 unspecified atom stereocenters. The molecule has 2 aromatic carbocycles. The van der Waals surface area contributed by atoms with Gasteiger partial charge in [-0.05, 0) is 24.3 Å². The molecule has 0 radical (unpaired) electrons. The van der Waals surface area contributed by atoms with Crippen molar-refractivity contribution in [1.29, 1.82) is 0 Å². The summed E-state index contributed by atoms with van der Waals surface area (Å²) in [7, 11) is 0. The number of likely N-dealkylation sites (tertiary alicyclic amines) is 1. The fourth-order valence-electron chi connectivity index (χ4n) is 4.07. The average Bonchev–Trinajstić information content (AvgIpc) is 3.27. The monoisotopic (exact) mass is 379 g/mol. The molecule has 6 heteroatoms. The van der Waals surface area contributed by atoms with Gasteiger partial charge in [0.25, 0.3) is 0 Å². The SMILES string of the molecule is O=c1cc(C[NH+]2CCC[C@H]2c2nc3ccccc3s2)c2ccc(O)cc2o1. The quantitative estimate of drug-likeness (QED) is 0.537. The van der Waals surface area contributed by atoms with E-state index in [0.717, 1.165) is 42.4 Å². The summed E-state index contributed by atoms with van der Waals surface area (Å²) in [4.78, 5) is 18.3. The maximum Gasteiger partial charge on any atom is 0.336 e. The highest BCUT2D eigenvalue weighted by atomic mass is 32.1. The third-order valence-electron chi connectivity index (χ3n) is 5.32. The highest BCUT2D eigenvalue weighted by molar-refractivity contribution is 7.18. The molecule has 0 bridgehead atoms. The van der Waals surface area contributed by atoms with Crippen molar-refractivity contribution in [2.24, 2.45) is 0 Å². The van der Waals surface area contributed by atoms with Gasteiger partial charge in [-0.25, -0.2) is 9.78 Å². The molecule has 0 saturated carbocycles. The number of nitrogens with one attached hydrogen (secondary N) is 1. The molecular formula is C21H19N2O3S+. The second-order valence-electron chi connectivity index (χ2n) is 7.07. The van der Waals surface area contributed by atoms with Gasteiger partial charge in [-0.2, -0.15) is 0 Å². The molecule has 1 aliphatic heterocycles. The van der Waals surface area contributed by atoms with Crippen molar-refractivity contribution in [1.82, 2.24) is 4.98 Å². The Kier molecular flexibility index (Phi) is 3.95. The second kappa shape index (κ2) is 6.48. The lowest BCUT2D eigenvalue weighted by molar-refractivity contribution is -0.931. The van der Waals surface area contributed by atoms with E-state index in [2.05, 4.69) is 12.1 Å². The molecule has 4 aromatic rings. The van der Waals surface area contributed by atoms with Crippen LogP contribution in [0.5, 0.6) is 5.75 Å². The highest BCUT2D eigenvalue weighted by Gasteiger charge is 2.33. The molecule has 1 saturated heterocycles. The number of thiazole rings is 1. The first kappa shape index (κ1) is 16.5. The topological polar surface area (TPSA) is 67.8 Å². The number of fused-ring (bicyclic) bond motifs is 2. The molecular weight excluding hydrogens is 360 g/mol. The summed E-state index contributed by atoms with van der Waals surface area (Å²) in [5, 5.41) is 11.7. The molecule has 0 aliphatic carbocycles. The van der Waals surface area contributed by atoms with Crippen LogP contribution in [0.3, 0.4) is 0 Å². The van der Waals surface area contributed by atoms with Gasteiger partial charge in [-0.3, -0.25) is 0 Å². The number of hydrogen-bond acceptors (Lipinski definition) is 5. The normalized spacial score (nSPS) is 19.9. The fraction of sp³-hybridized carbons (Fsp3) is 0.238. The Morgan fingerprint density at radius 1 is 1.22 bits per heavy atom. The van der Waals surface area contributed by atoms with Gasteiger partial charge in [0.15, 0.2) is 5.01 Å². The number of phenolic OH excluding ortho intramolecular Hbond substituents is 1. The summed E-state index contributed by atoms with van der Waals surface area (Å²) in [6.45, 7) is 1.80. The molecule has 5 rings (SSSR count). The van der Waals surface area contributed by atoms with E-state index in [1.807, 2.05) is 18.2 Å². The lowest BCUT2D eigenvalue weighted by Gasteiger charge is -2.20. The Bertz CT molecular complexity index is 1160. The summed E-state index contributed by atoms with van der Waals surface area (Å²) in [5.41, 5.74) is 2.08. The van der Waals surface area contributed by atoms with Crippen molar-refractivity contribution in [3.05, 3.63) is 69.5 Å². The molecule has 0 amide bonds. The van der Waals surface area contributed by atoms with Crippen LogP contribution in [0.4, 0.5) is 0 Å². The van der Waals surface area contributed by atoms with Crippen molar-refractivity contribution in [2.45, 2.75) is 25.4 Å². The van der Waals surface area contributed by atoms with Crippen molar-refractivity contribution in [3.8, 4) is 5.75 Å². The second-order valence-corrected chi connectivity index (χ2v) is 8.13. The van der Waals surface area contributed by atoms with Crippen molar-refractivity contribution >= 4 is 32.5 Å². The van der Waals surface area contributed by atoms with E-state index in [0.29, 0.717) is 11.6 Å². The summed E-state index contributed by atoms with van der Waals surface area (Å²) in [6, 6.07) is 15.2. The number of phenols is 1. The molecule has 27 heavy (non-hydrogen) atoms. The smallest absolute Gasteiger partial charge is 0.336 e. The molecule has 0 spiro atoms. The first-order valence-corrected chi connectivity index (χ1v) is 9.95. The summed E-state index contributed by atoms with van der Waals surface area (Å²) in [5.74, 6) is 0.101. The molecule has 1 aliphatic rings. The number of aromatic hydroxyl groups is 1. The Balaban J connectivity index is 1.51. The minimum absolute atomic E-state index is 0.101. The largest absolute Gasteiger partial charge is 0.508 e. The van der Waals surface area contributed by atoms with Crippen molar-refractivity contribution in [3.63, 3.8) is 0 Å². The van der Waals surface area contributed by atoms with Gasteiger partial charge in [0.2, 0.25) is 0 Å². The number of nitrogens with zero attached hydrogens (tertiary/aromatic N) is 1. The Morgan fingerprint density at radius 2 is 2.11 bits per heavy atom. The van der Waals surface area contributed by atoms with Crippen LogP contribution in [-0.2, 0) is 6.54 Å². The molecule has 136 valence electrons. The van der Waals surface area contributed by atoms with Crippen LogP contribution in [0.2, 0.25) is 0 Å². The van der Waals surface area contributed by atoms with Crippen molar-refractivity contribution < 1.29 is 14.4 Å². The van der Waals surface area contributed by atoms with Crippen LogP contribution >= 0.6 is 11.3 Å². The first-order chi connectivity index (χ1) is 13.2. The third kappa shape index (κ3) is 3.01. The predicted molar refractivity (Wildman–Crippen MR) is 105 cm³/mol. The zero-order chi connectivity index (χ0) is 18.4. The van der Waals surface area contributed by atoms with Gasteiger partial charge in [0, 0.05) is 35.9 Å². The van der Waals surface area contributed by atoms with Gasteiger partial charge < -0.3 is 14.4 Å². The van der Waals surface area contributed by atoms with Gasteiger partial charge in [0.05, 0.1) is 16.8 Å². The zero-order valence-corrected chi connectivity index (χ0v) is 15.5. The van der Waals surface area contributed by atoms with Crippen LogP contribution in [0.25, 0.3) is 21.2 Å². The first-order valence-electron chi connectivity index (χ1n) is 9.13. The maximum absolute atomic E-state index is 12.0. The number of hydrogen-bond donors (Lipinski definition) is 2. The van der Waals surface area contributed by atoms with E-state index in [-0.39, 0.29) is 11.4 Å². The minimum atomic E-state index is -0.377. The van der Waals surface area contributed by atoms with Crippen LogP contribution in [0.15, 0.2) is 57.7 Å². The van der Waals surface area contributed by atoms with Gasteiger partial charge in [0.1, 0.15) is 23.9 Å². The van der Waals surface area contributed by atoms with E-state index in [1.54, 1.807) is 23.5 Å². The zero-order valence-electron chi connectivity index (χ0n) is 14.6.